The number of ether oxygens (including phenoxy) is 10. The fourth-order valence-electron chi connectivity index (χ4n) is 9.94. The number of carbonyl (C=O) groups is 9. The topological polar surface area (TPSA) is 292 Å². The Hall–Kier alpha value is -6.42. The number of aliphatic hydroxyl groups is 1. The van der Waals surface area contributed by atoms with Gasteiger partial charge in [0.1, 0.15) is 48.3 Å². The lowest BCUT2D eigenvalue weighted by molar-refractivity contribution is -0.386. The first-order valence-electron chi connectivity index (χ1n) is 20.3. The number of fused-ring (bicyclic) bond motifs is 5. The Morgan fingerprint density at radius 1 is 0.785 bits per heavy atom. The SMILES string of the molecule is CC(=O)OC[C@]12[C@H](OC(C)=O)[C@H](OC(C)=O)[C@@H]3[C@@H](OC(C)=O)[C@@]14O[C@@]3(C)COC(=O)c1cccnc1CC[C@@](C)(OC(C)=O)C(=O)O[C@@H]([C@H](OC(=O)c1ccoc1)[C@@H]2OC(C)=O)[C@]4(C)O. The zero-order valence-electron chi connectivity index (χ0n) is 36.9. The van der Waals surface area contributed by atoms with Crippen molar-refractivity contribution in [3.8, 4) is 0 Å². The van der Waals surface area contributed by atoms with Crippen LogP contribution in [0.1, 0.15) is 95.1 Å². The summed E-state index contributed by atoms with van der Waals surface area (Å²) in [5.41, 5.74) is -13.5. The second kappa shape index (κ2) is 17.5. The summed E-state index contributed by atoms with van der Waals surface area (Å²) in [7, 11) is 0. The van der Waals surface area contributed by atoms with Gasteiger partial charge in [-0.1, -0.05) is 0 Å². The molecule has 1 N–H and O–H groups in total. The van der Waals surface area contributed by atoms with Gasteiger partial charge in [0, 0.05) is 54.2 Å². The van der Waals surface area contributed by atoms with Gasteiger partial charge in [0.25, 0.3) is 0 Å². The van der Waals surface area contributed by atoms with Gasteiger partial charge in [-0.3, -0.25) is 33.8 Å². The van der Waals surface area contributed by atoms with E-state index in [0.29, 0.717) is 0 Å². The Morgan fingerprint density at radius 2 is 1.40 bits per heavy atom. The van der Waals surface area contributed by atoms with Crippen molar-refractivity contribution >= 4 is 53.7 Å². The molecule has 2 saturated carbocycles. The number of nitrogens with zero attached hydrogens (tertiary/aromatic N) is 1. The molecule has 2 aliphatic heterocycles. The zero-order chi connectivity index (χ0) is 48.0. The van der Waals surface area contributed by atoms with Crippen LogP contribution in [0.2, 0.25) is 0 Å². The van der Waals surface area contributed by atoms with Crippen molar-refractivity contribution in [3.63, 3.8) is 0 Å². The Kier molecular flexibility index (Phi) is 12.9. The summed E-state index contributed by atoms with van der Waals surface area (Å²) in [5.74, 6) is -11.7. The van der Waals surface area contributed by atoms with Crippen LogP contribution in [0, 0.1) is 11.3 Å². The summed E-state index contributed by atoms with van der Waals surface area (Å²) >= 11 is 0. The predicted octanol–water partition coefficient (Wildman–Crippen LogP) is 1.44. The quantitative estimate of drug-likeness (QED) is 0.275. The lowest BCUT2D eigenvalue weighted by atomic mass is 9.45. The number of hydrogen-bond donors (Lipinski definition) is 1. The smallest absolute Gasteiger partial charge is 0.350 e. The Bertz CT molecular complexity index is 2270. The number of carbonyl (C=O) groups excluding carboxylic acids is 9. The normalized spacial score (nSPS) is 35.0. The Morgan fingerprint density at radius 3 is 1.97 bits per heavy atom. The Balaban J connectivity index is 1.80. The fraction of sp³-hybridized carbons (Fsp3) is 0.581. The Labute approximate surface area is 370 Å². The first-order valence-corrected chi connectivity index (χ1v) is 20.3. The third-order valence-corrected chi connectivity index (χ3v) is 12.3. The molecule has 1 spiro atoms. The molecular formula is C43H49NO21. The summed E-state index contributed by atoms with van der Waals surface area (Å²) in [5, 5.41) is 13.7. The summed E-state index contributed by atoms with van der Waals surface area (Å²) < 4.78 is 65.7. The third kappa shape index (κ3) is 8.28. The van der Waals surface area contributed by atoms with Crippen LogP contribution in [-0.4, -0.2) is 136 Å². The number of esters is 9. The number of aryl methyl sites for hydroxylation is 1. The van der Waals surface area contributed by atoms with E-state index < -0.39 is 144 Å². The average molecular weight is 916 g/mol. The van der Waals surface area contributed by atoms with Crippen LogP contribution < -0.4 is 0 Å². The minimum atomic E-state index is -3.04. The van der Waals surface area contributed by atoms with Gasteiger partial charge >= 0.3 is 53.7 Å². The largest absolute Gasteiger partial charge is 0.472 e. The van der Waals surface area contributed by atoms with Crippen LogP contribution in [0.15, 0.2) is 41.3 Å². The molecule has 2 aromatic rings. The lowest BCUT2D eigenvalue weighted by Crippen LogP contribution is -2.89. The van der Waals surface area contributed by atoms with Crippen molar-refractivity contribution in [2.45, 2.75) is 134 Å². The number of aromatic nitrogens is 1. The molecular weight excluding hydrogens is 866 g/mol. The molecule has 65 heavy (non-hydrogen) atoms. The van der Waals surface area contributed by atoms with Gasteiger partial charge in [-0.05, 0) is 45.4 Å². The maximum Gasteiger partial charge on any atom is 0.350 e. The monoisotopic (exact) mass is 915 g/mol. The molecule has 0 amide bonds. The molecule has 0 aromatic carbocycles. The molecule has 352 valence electrons. The molecule has 22 nitrogen and oxygen atoms in total. The number of pyridine rings is 1. The van der Waals surface area contributed by atoms with Crippen LogP contribution in [0.3, 0.4) is 0 Å². The minimum absolute atomic E-state index is 0.0619. The maximum atomic E-state index is 14.9. The van der Waals surface area contributed by atoms with E-state index in [4.69, 9.17) is 51.8 Å². The van der Waals surface area contributed by atoms with Crippen molar-refractivity contribution in [3.05, 3.63) is 53.7 Å². The number of furan rings is 1. The highest BCUT2D eigenvalue weighted by atomic mass is 16.7. The van der Waals surface area contributed by atoms with Crippen LogP contribution in [0.25, 0.3) is 0 Å². The fourth-order valence-corrected chi connectivity index (χ4v) is 9.94. The molecule has 2 aromatic heterocycles. The zero-order valence-corrected chi connectivity index (χ0v) is 36.9. The van der Waals surface area contributed by atoms with Crippen molar-refractivity contribution < 1.29 is 100 Å². The van der Waals surface area contributed by atoms with E-state index in [2.05, 4.69) is 4.98 Å². The standard InChI is InChI=1S/C43H49NO21/c1-20(45)56-19-42-34(60-23(4)48)30(58-21(2)46)29-32(59-22(3)47)43(42)41(9,54)33(31(35(42)61-24(5)49)62-36(51)26-13-16-55-17-26)63-38(53)39(7,64-25(6)50)14-12-28-27(11-10-15-44-28)37(52)57-18-40(29,8)65-43/h10-11,13,15-17,29-35,54H,12,14,18-19H2,1-9H3/t29-,30-,31+,32-,33+,34-,35+,39-,40+,41+,42-,43+/m1/s1. The summed E-state index contributed by atoms with van der Waals surface area (Å²) in [6.07, 6.45) is -10.3. The van der Waals surface area contributed by atoms with Gasteiger partial charge in [-0.2, -0.15) is 0 Å². The van der Waals surface area contributed by atoms with Crippen LogP contribution >= 0.6 is 0 Å². The predicted molar refractivity (Wildman–Crippen MR) is 208 cm³/mol. The second-order valence-corrected chi connectivity index (χ2v) is 16.9. The lowest BCUT2D eigenvalue weighted by Gasteiger charge is -2.67. The van der Waals surface area contributed by atoms with E-state index in [1.54, 1.807) is 0 Å². The summed E-state index contributed by atoms with van der Waals surface area (Å²) in [4.78, 5) is 127. The van der Waals surface area contributed by atoms with E-state index >= 15 is 0 Å². The number of cyclic esters (lactones) is 1. The first-order chi connectivity index (χ1) is 30.3. The van der Waals surface area contributed by atoms with E-state index in [-0.39, 0.29) is 23.2 Å². The second-order valence-electron chi connectivity index (χ2n) is 16.9. The van der Waals surface area contributed by atoms with Gasteiger partial charge in [0.15, 0.2) is 30.0 Å². The minimum Gasteiger partial charge on any atom is -0.472 e. The van der Waals surface area contributed by atoms with E-state index in [9.17, 15) is 48.3 Å². The molecule has 22 heteroatoms. The van der Waals surface area contributed by atoms with Gasteiger partial charge in [-0.15, -0.1) is 0 Å². The van der Waals surface area contributed by atoms with E-state index in [1.807, 2.05) is 0 Å². The molecule has 1 saturated heterocycles. The van der Waals surface area contributed by atoms with Crippen molar-refractivity contribution in [2.24, 2.45) is 11.3 Å². The maximum absolute atomic E-state index is 14.9. The molecule has 2 aliphatic carbocycles. The van der Waals surface area contributed by atoms with Gasteiger partial charge in [0.2, 0.25) is 5.60 Å². The summed E-state index contributed by atoms with van der Waals surface area (Å²) in [6.45, 7) is 7.26. The number of rotatable bonds is 9. The molecule has 0 radical (unpaired) electrons. The molecule has 3 fully saturated rings. The third-order valence-electron chi connectivity index (χ3n) is 12.3. The van der Waals surface area contributed by atoms with Gasteiger partial charge in [0.05, 0.1) is 29.0 Å². The van der Waals surface area contributed by atoms with Crippen LogP contribution in [-0.2, 0) is 87.4 Å². The molecule has 0 unspecified atom stereocenters. The molecule has 6 rings (SSSR count). The highest BCUT2D eigenvalue weighted by Gasteiger charge is 2.92. The summed E-state index contributed by atoms with van der Waals surface area (Å²) in [6, 6.07) is 3.97. The average Bonchev–Trinajstić information content (AvgIpc) is 3.82. The van der Waals surface area contributed by atoms with E-state index in [1.165, 1.54) is 31.3 Å². The van der Waals surface area contributed by atoms with Gasteiger partial charge in [-0.25, -0.2) is 14.4 Å². The first kappa shape index (κ1) is 48.0. The van der Waals surface area contributed by atoms with E-state index in [0.717, 1.165) is 67.9 Å². The van der Waals surface area contributed by atoms with Crippen LogP contribution in [0.5, 0.6) is 0 Å². The van der Waals surface area contributed by atoms with Crippen molar-refractivity contribution in [1.82, 2.24) is 4.98 Å². The highest BCUT2D eigenvalue weighted by Crippen LogP contribution is 2.70. The molecule has 4 heterocycles. The molecule has 4 aliphatic rings. The molecule has 4 bridgehead atoms. The van der Waals surface area contributed by atoms with Crippen molar-refractivity contribution in [2.75, 3.05) is 13.2 Å². The van der Waals surface area contributed by atoms with Crippen LogP contribution in [0.4, 0.5) is 0 Å². The van der Waals surface area contributed by atoms with Gasteiger partial charge < -0.3 is 56.9 Å². The number of hydrogen-bond acceptors (Lipinski definition) is 22. The van der Waals surface area contributed by atoms with Crippen molar-refractivity contribution in [1.29, 1.82) is 0 Å². The highest BCUT2D eigenvalue weighted by molar-refractivity contribution is 5.91. The molecule has 12 atom stereocenters.